The molecule has 22 heavy (non-hydrogen) atoms. The first kappa shape index (κ1) is 13.7. The summed E-state index contributed by atoms with van der Waals surface area (Å²) in [5.74, 6) is 0.0847. The number of nitrogens with one attached hydrogen (secondary N) is 2. The maximum atomic E-state index is 12.4. The summed E-state index contributed by atoms with van der Waals surface area (Å²) < 4.78 is 0. The van der Waals surface area contributed by atoms with Crippen LogP contribution in [0.3, 0.4) is 0 Å². The van der Waals surface area contributed by atoms with Gasteiger partial charge in [-0.05, 0) is 31.4 Å². The molecule has 0 radical (unpaired) electrons. The summed E-state index contributed by atoms with van der Waals surface area (Å²) in [5.41, 5.74) is 0.709. The number of phenols is 1. The Morgan fingerprint density at radius 3 is 2.95 bits per heavy atom. The molecule has 3 heterocycles. The number of carbonyl (C=O) groups excluding carboxylic acids is 1. The standard InChI is InChI=1S/C16H17N3O2S/c20-13-4-2-1-3-10(13)14-8-17-16(22-14)15(21)19-12-7-9-5-6-11(12)18-9/h1-4,8-9,11-12,18,20H,5-7H2,(H,19,21). The summed E-state index contributed by atoms with van der Waals surface area (Å²) in [7, 11) is 0. The molecule has 2 aromatic rings. The monoisotopic (exact) mass is 315 g/mol. The highest BCUT2D eigenvalue weighted by molar-refractivity contribution is 7.17. The molecule has 2 aliphatic heterocycles. The molecule has 0 spiro atoms. The zero-order valence-electron chi connectivity index (χ0n) is 12.0. The number of aromatic nitrogens is 1. The van der Waals surface area contributed by atoms with Gasteiger partial charge in [-0.1, -0.05) is 12.1 Å². The first-order valence-corrected chi connectivity index (χ1v) is 8.33. The van der Waals surface area contributed by atoms with Crippen LogP contribution in [-0.4, -0.2) is 34.1 Å². The molecule has 5 nitrogen and oxygen atoms in total. The molecule has 0 aliphatic carbocycles. The maximum Gasteiger partial charge on any atom is 0.280 e. The molecular weight excluding hydrogens is 298 g/mol. The van der Waals surface area contributed by atoms with Crippen molar-refractivity contribution in [3.8, 4) is 16.2 Å². The summed E-state index contributed by atoms with van der Waals surface area (Å²) in [6.45, 7) is 0. The van der Waals surface area contributed by atoms with Gasteiger partial charge in [0.15, 0.2) is 5.01 Å². The molecule has 2 fully saturated rings. The van der Waals surface area contributed by atoms with E-state index in [2.05, 4.69) is 15.6 Å². The normalized spacial score (nSPS) is 26.3. The van der Waals surface area contributed by atoms with E-state index in [9.17, 15) is 9.90 Å². The SMILES string of the molecule is O=C(NC1CC2CCC1N2)c1ncc(-c2ccccc2O)s1. The van der Waals surface area contributed by atoms with Crippen LogP contribution in [0.2, 0.25) is 0 Å². The predicted molar refractivity (Wildman–Crippen MR) is 85.0 cm³/mol. The highest BCUT2D eigenvalue weighted by Gasteiger charge is 2.39. The predicted octanol–water partition coefficient (Wildman–Crippen LogP) is 2.14. The minimum atomic E-state index is -0.119. The van der Waals surface area contributed by atoms with Crippen LogP contribution in [-0.2, 0) is 0 Å². The van der Waals surface area contributed by atoms with Crippen LogP contribution >= 0.6 is 11.3 Å². The number of fused-ring (bicyclic) bond motifs is 2. The third-order valence-corrected chi connectivity index (χ3v) is 5.52. The van der Waals surface area contributed by atoms with E-state index in [0.29, 0.717) is 22.7 Å². The molecule has 1 aromatic carbocycles. The van der Waals surface area contributed by atoms with E-state index in [4.69, 9.17) is 0 Å². The van der Waals surface area contributed by atoms with Gasteiger partial charge >= 0.3 is 0 Å². The van der Waals surface area contributed by atoms with Gasteiger partial charge in [0.25, 0.3) is 5.91 Å². The first-order valence-electron chi connectivity index (χ1n) is 7.52. The van der Waals surface area contributed by atoms with Gasteiger partial charge in [0.05, 0.1) is 4.88 Å². The van der Waals surface area contributed by atoms with Gasteiger partial charge in [-0.25, -0.2) is 4.98 Å². The number of carbonyl (C=O) groups is 1. The van der Waals surface area contributed by atoms with Gasteiger partial charge in [0, 0.05) is 29.9 Å². The van der Waals surface area contributed by atoms with Gasteiger partial charge in [-0.2, -0.15) is 0 Å². The first-order chi connectivity index (χ1) is 10.7. The van der Waals surface area contributed by atoms with Crippen molar-refractivity contribution < 1.29 is 9.90 Å². The van der Waals surface area contributed by atoms with E-state index < -0.39 is 0 Å². The van der Waals surface area contributed by atoms with E-state index in [1.165, 1.54) is 17.8 Å². The smallest absolute Gasteiger partial charge is 0.280 e. The van der Waals surface area contributed by atoms with Gasteiger partial charge < -0.3 is 15.7 Å². The molecule has 4 rings (SSSR count). The van der Waals surface area contributed by atoms with Gasteiger partial charge in [-0.3, -0.25) is 4.79 Å². The zero-order chi connectivity index (χ0) is 15.1. The summed E-state index contributed by atoms with van der Waals surface area (Å²) in [4.78, 5) is 17.4. The third-order valence-electron chi connectivity index (χ3n) is 4.49. The average Bonchev–Trinajstić information content (AvgIpc) is 3.24. The van der Waals surface area contributed by atoms with Crippen molar-refractivity contribution in [3.63, 3.8) is 0 Å². The number of benzene rings is 1. The van der Waals surface area contributed by atoms with Crippen molar-refractivity contribution in [2.45, 2.75) is 37.4 Å². The Kier molecular flexibility index (Phi) is 3.35. The fourth-order valence-corrected chi connectivity index (χ4v) is 4.25. The number of rotatable bonds is 3. The molecule has 1 aromatic heterocycles. The van der Waals surface area contributed by atoms with E-state index in [1.54, 1.807) is 18.3 Å². The van der Waals surface area contributed by atoms with Crippen LogP contribution in [0.1, 0.15) is 29.1 Å². The average molecular weight is 315 g/mol. The van der Waals surface area contributed by atoms with E-state index >= 15 is 0 Å². The maximum absolute atomic E-state index is 12.4. The molecule has 3 unspecified atom stereocenters. The number of hydrogen-bond acceptors (Lipinski definition) is 5. The Balaban J connectivity index is 1.49. The Hall–Kier alpha value is -1.92. The van der Waals surface area contributed by atoms with Crippen LogP contribution in [0.25, 0.3) is 10.4 Å². The van der Waals surface area contributed by atoms with Gasteiger partial charge in [-0.15, -0.1) is 11.3 Å². The number of phenolic OH excluding ortho intramolecular Hbond substituents is 1. The van der Waals surface area contributed by atoms with Crippen LogP contribution < -0.4 is 10.6 Å². The molecule has 6 heteroatoms. The largest absolute Gasteiger partial charge is 0.507 e. The summed E-state index contributed by atoms with van der Waals surface area (Å²) in [6.07, 6.45) is 5.00. The topological polar surface area (TPSA) is 74.2 Å². The van der Waals surface area contributed by atoms with Crippen molar-refractivity contribution in [1.29, 1.82) is 0 Å². The van der Waals surface area contributed by atoms with Gasteiger partial charge in [0.1, 0.15) is 5.75 Å². The lowest BCUT2D eigenvalue weighted by molar-refractivity contribution is 0.0930. The van der Waals surface area contributed by atoms with Crippen LogP contribution in [0.15, 0.2) is 30.5 Å². The summed E-state index contributed by atoms with van der Waals surface area (Å²) in [5, 5.41) is 16.9. The molecule has 3 atom stereocenters. The zero-order valence-corrected chi connectivity index (χ0v) is 12.8. The minimum absolute atomic E-state index is 0.119. The number of thiazole rings is 1. The number of aromatic hydroxyl groups is 1. The molecule has 114 valence electrons. The van der Waals surface area contributed by atoms with Gasteiger partial charge in [0.2, 0.25) is 0 Å². The fraction of sp³-hybridized carbons (Fsp3) is 0.375. The van der Waals surface area contributed by atoms with Crippen molar-refractivity contribution in [2.24, 2.45) is 0 Å². The molecule has 1 amide bonds. The minimum Gasteiger partial charge on any atom is -0.507 e. The van der Waals surface area contributed by atoms with Crippen molar-refractivity contribution >= 4 is 17.2 Å². The Morgan fingerprint density at radius 1 is 1.36 bits per heavy atom. The second-order valence-corrected chi connectivity index (χ2v) is 6.94. The highest BCUT2D eigenvalue weighted by Crippen LogP contribution is 2.33. The molecule has 0 saturated carbocycles. The number of hydrogen-bond donors (Lipinski definition) is 3. The fourth-order valence-electron chi connectivity index (χ4n) is 3.40. The lowest BCUT2D eigenvalue weighted by atomic mass is 9.95. The van der Waals surface area contributed by atoms with E-state index in [0.717, 1.165) is 17.7 Å². The lowest BCUT2D eigenvalue weighted by Gasteiger charge is -2.20. The molecular formula is C16H17N3O2S. The van der Waals surface area contributed by atoms with Crippen molar-refractivity contribution in [1.82, 2.24) is 15.6 Å². The summed E-state index contributed by atoms with van der Waals surface area (Å²) in [6, 6.07) is 8.27. The van der Waals surface area contributed by atoms with Crippen LogP contribution in [0.5, 0.6) is 5.75 Å². The third kappa shape index (κ3) is 2.38. The second-order valence-electron chi connectivity index (χ2n) is 5.91. The van der Waals surface area contributed by atoms with Crippen LogP contribution in [0.4, 0.5) is 0 Å². The van der Waals surface area contributed by atoms with Crippen LogP contribution in [0, 0.1) is 0 Å². The Bertz CT molecular complexity index is 715. The summed E-state index contributed by atoms with van der Waals surface area (Å²) >= 11 is 1.31. The molecule has 2 bridgehead atoms. The Labute approximate surface area is 132 Å². The highest BCUT2D eigenvalue weighted by atomic mass is 32.1. The van der Waals surface area contributed by atoms with E-state index in [-0.39, 0.29) is 17.7 Å². The molecule has 2 aliphatic rings. The second kappa shape index (κ2) is 5.37. The number of amides is 1. The molecule has 2 saturated heterocycles. The number of para-hydroxylation sites is 1. The van der Waals surface area contributed by atoms with Crippen molar-refractivity contribution in [3.05, 3.63) is 35.5 Å². The lowest BCUT2D eigenvalue weighted by Crippen LogP contribution is -2.42. The van der Waals surface area contributed by atoms with Crippen molar-refractivity contribution in [2.75, 3.05) is 0 Å². The Morgan fingerprint density at radius 2 is 2.23 bits per heavy atom. The number of nitrogens with zero attached hydrogens (tertiary/aromatic N) is 1. The van der Waals surface area contributed by atoms with E-state index in [1.807, 2.05) is 12.1 Å². The quantitative estimate of drug-likeness (QED) is 0.811. The molecule has 3 N–H and O–H groups in total.